The third kappa shape index (κ3) is 1.72. The Morgan fingerprint density at radius 2 is 2.00 bits per heavy atom. The van der Waals surface area contributed by atoms with E-state index in [0.717, 1.165) is 32.1 Å². The van der Waals surface area contributed by atoms with Crippen molar-refractivity contribution in [2.24, 2.45) is 28.1 Å². The molecule has 4 aliphatic rings. The van der Waals surface area contributed by atoms with Crippen molar-refractivity contribution in [1.29, 1.82) is 0 Å². The van der Waals surface area contributed by atoms with Gasteiger partial charge < -0.3 is 9.84 Å². The first-order valence-electron chi connectivity index (χ1n) is 8.94. The second-order valence-electron chi connectivity index (χ2n) is 9.20. The van der Waals surface area contributed by atoms with Crippen LogP contribution in [-0.4, -0.2) is 23.1 Å². The van der Waals surface area contributed by atoms with E-state index in [0.29, 0.717) is 12.5 Å². The highest BCUT2D eigenvalue weighted by Gasteiger charge is 2.73. The first kappa shape index (κ1) is 15.4. The number of rotatable bonds is 1. The van der Waals surface area contributed by atoms with Gasteiger partial charge in [-0.2, -0.15) is 0 Å². The highest BCUT2D eigenvalue weighted by molar-refractivity contribution is 6.03. The molecule has 0 radical (unpaired) electrons. The Hall–Kier alpha value is -1.09. The molecule has 1 N–H and O–H groups in total. The van der Waals surface area contributed by atoms with E-state index in [4.69, 9.17) is 4.74 Å². The van der Waals surface area contributed by atoms with E-state index < -0.39 is 5.60 Å². The Kier molecular flexibility index (Phi) is 2.89. The van der Waals surface area contributed by atoms with E-state index >= 15 is 0 Å². The van der Waals surface area contributed by atoms with Gasteiger partial charge in [-0.15, -0.1) is 6.58 Å². The zero-order chi connectivity index (χ0) is 16.7. The van der Waals surface area contributed by atoms with Gasteiger partial charge in [0.1, 0.15) is 0 Å². The first-order chi connectivity index (χ1) is 10.7. The molecule has 0 unspecified atom stereocenters. The van der Waals surface area contributed by atoms with Gasteiger partial charge >= 0.3 is 0 Å². The largest absolute Gasteiger partial charge is 0.505 e. The van der Waals surface area contributed by atoms with Gasteiger partial charge in [-0.25, -0.2) is 0 Å². The summed E-state index contributed by atoms with van der Waals surface area (Å²) in [5.74, 6) is 0.572. The maximum absolute atomic E-state index is 12.5. The average molecular weight is 316 g/mol. The van der Waals surface area contributed by atoms with Crippen LogP contribution in [0.1, 0.15) is 52.9 Å². The van der Waals surface area contributed by atoms with E-state index in [1.165, 1.54) is 0 Å². The van der Waals surface area contributed by atoms with Crippen LogP contribution < -0.4 is 0 Å². The van der Waals surface area contributed by atoms with Crippen LogP contribution in [0.4, 0.5) is 0 Å². The maximum atomic E-state index is 12.5. The van der Waals surface area contributed by atoms with Crippen molar-refractivity contribution in [2.75, 3.05) is 6.61 Å². The van der Waals surface area contributed by atoms with Crippen molar-refractivity contribution < 1.29 is 14.6 Å². The number of aliphatic hydroxyl groups excluding tert-OH is 1. The molecule has 1 heterocycles. The van der Waals surface area contributed by atoms with Crippen molar-refractivity contribution in [3.63, 3.8) is 0 Å². The van der Waals surface area contributed by atoms with Crippen molar-refractivity contribution >= 4 is 5.78 Å². The van der Waals surface area contributed by atoms with E-state index in [1.807, 2.05) is 6.08 Å². The Labute approximate surface area is 138 Å². The molecule has 0 aromatic carbocycles. The fourth-order valence-corrected chi connectivity index (χ4v) is 6.10. The summed E-state index contributed by atoms with van der Waals surface area (Å²) >= 11 is 0. The standard InChI is InChI=1S/C20H28O3/c1-5-17(2)8-9-18(3)13(11-17)6-7-19(4)15(18)10-14(21)16(22)20(19)12-23-20/h5,10,13,15,21H,1,6-9,11-12H2,2-4H3/t13-,15+,17-,18-,19-,20-/m1/s1. The molecule has 3 fully saturated rings. The maximum Gasteiger partial charge on any atom is 0.231 e. The molecule has 3 heteroatoms. The number of ether oxygens (including phenoxy) is 1. The lowest BCUT2D eigenvalue weighted by Crippen LogP contribution is -2.60. The molecule has 2 saturated carbocycles. The van der Waals surface area contributed by atoms with Gasteiger partial charge in [0, 0.05) is 5.41 Å². The number of aliphatic hydroxyl groups is 1. The molecule has 4 rings (SSSR count). The summed E-state index contributed by atoms with van der Waals surface area (Å²) in [7, 11) is 0. The fraction of sp³-hybridized carbons (Fsp3) is 0.750. The molecule has 0 aromatic rings. The lowest BCUT2D eigenvalue weighted by Gasteiger charge is -2.61. The Balaban J connectivity index is 1.77. The normalized spacial score (nSPS) is 54.9. The lowest BCUT2D eigenvalue weighted by atomic mass is 9.42. The van der Waals surface area contributed by atoms with Gasteiger partial charge in [0.15, 0.2) is 11.4 Å². The summed E-state index contributed by atoms with van der Waals surface area (Å²) in [6.07, 6.45) is 9.55. The van der Waals surface area contributed by atoms with Gasteiger partial charge in [-0.05, 0) is 60.8 Å². The smallest absolute Gasteiger partial charge is 0.231 e. The molecular formula is C20H28O3. The monoisotopic (exact) mass is 316 g/mol. The second-order valence-corrected chi connectivity index (χ2v) is 9.20. The molecule has 3 nitrogen and oxygen atoms in total. The predicted octanol–water partition coefficient (Wildman–Crippen LogP) is 4.20. The van der Waals surface area contributed by atoms with Crippen molar-refractivity contribution in [3.8, 4) is 0 Å². The molecule has 1 spiro atoms. The van der Waals surface area contributed by atoms with Crippen LogP contribution in [-0.2, 0) is 9.53 Å². The molecule has 23 heavy (non-hydrogen) atoms. The first-order valence-corrected chi connectivity index (χ1v) is 8.94. The van der Waals surface area contributed by atoms with Crippen LogP contribution in [0.5, 0.6) is 0 Å². The summed E-state index contributed by atoms with van der Waals surface area (Å²) in [6.45, 7) is 11.4. The number of epoxide rings is 1. The van der Waals surface area contributed by atoms with Crippen molar-refractivity contribution in [2.45, 2.75) is 58.5 Å². The topological polar surface area (TPSA) is 49.8 Å². The van der Waals surface area contributed by atoms with Crippen molar-refractivity contribution in [1.82, 2.24) is 0 Å². The summed E-state index contributed by atoms with van der Waals surface area (Å²) < 4.78 is 5.71. The van der Waals surface area contributed by atoms with Gasteiger partial charge in [-0.3, -0.25) is 4.79 Å². The molecule has 1 aliphatic heterocycles. The summed E-state index contributed by atoms with van der Waals surface area (Å²) in [5, 5.41) is 10.3. The molecule has 0 aromatic heterocycles. The van der Waals surface area contributed by atoms with Crippen LogP contribution in [0.2, 0.25) is 0 Å². The highest BCUT2D eigenvalue weighted by atomic mass is 16.6. The number of carbonyl (C=O) groups excluding carboxylic acids is 1. The van der Waals surface area contributed by atoms with Crippen LogP contribution in [0.15, 0.2) is 24.5 Å². The minimum Gasteiger partial charge on any atom is -0.505 e. The number of allylic oxidation sites excluding steroid dienone is 2. The summed E-state index contributed by atoms with van der Waals surface area (Å²) in [5.41, 5.74) is -0.571. The molecule has 0 bridgehead atoms. The third-order valence-corrected chi connectivity index (χ3v) is 8.06. The van der Waals surface area contributed by atoms with E-state index in [9.17, 15) is 9.90 Å². The van der Waals surface area contributed by atoms with Gasteiger partial charge in [0.2, 0.25) is 5.78 Å². The highest BCUT2D eigenvalue weighted by Crippen LogP contribution is 2.69. The number of ketones is 1. The SMILES string of the molecule is C=C[C@]1(C)CC[C@]2(C)[C@H](CC[C@]3(C)[C@H]2C=C(O)C(=O)[C@]32CO2)C1. The Bertz CT molecular complexity index is 616. The Morgan fingerprint density at radius 1 is 1.30 bits per heavy atom. The Morgan fingerprint density at radius 3 is 2.61 bits per heavy atom. The average Bonchev–Trinajstić information content (AvgIpc) is 3.32. The summed E-state index contributed by atoms with van der Waals surface area (Å²) in [6, 6.07) is 0. The number of carbonyl (C=O) groups is 1. The minimum absolute atomic E-state index is 0.0658. The van der Waals surface area contributed by atoms with Crippen LogP contribution in [0.3, 0.4) is 0 Å². The third-order valence-electron chi connectivity index (χ3n) is 8.06. The molecule has 6 atom stereocenters. The quantitative estimate of drug-likeness (QED) is 0.583. The van der Waals surface area contributed by atoms with Gasteiger partial charge in [0.25, 0.3) is 0 Å². The fourth-order valence-electron chi connectivity index (χ4n) is 6.10. The number of hydrogen-bond donors (Lipinski definition) is 1. The van der Waals surface area contributed by atoms with E-state index in [-0.39, 0.29) is 33.7 Å². The zero-order valence-corrected chi connectivity index (χ0v) is 14.5. The van der Waals surface area contributed by atoms with Crippen LogP contribution >= 0.6 is 0 Å². The predicted molar refractivity (Wildman–Crippen MR) is 89.0 cm³/mol. The van der Waals surface area contributed by atoms with Gasteiger partial charge in [-0.1, -0.05) is 26.8 Å². The van der Waals surface area contributed by atoms with Crippen LogP contribution in [0.25, 0.3) is 0 Å². The number of hydrogen-bond acceptors (Lipinski definition) is 3. The number of Topliss-reactive ketones (excluding diaryl/α,β-unsaturated/α-hetero) is 1. The van der Waals surface area contributed by atoms with Crippen molar-refractivity contribution in [3.05, 3.63) is 24.5 Å². The number of fused-ring (bicyclic) bond motifs is 4. The molecule has 126 valence electrons. The zero-order valence-electron chi connectivity index (χ0n) is 14.5. The van der Waals surface area contributed by atoms with E-state index in [1.54, 1.807) is 0 Å². The molecule has 3 aliphatic carbocycles. The van der Waals surface area contributed by atoms with E-state index in [2.05, 4.69) is 33.4 Å². The second kappa shape index (κ2) is 4.30. The lowest BCUT2D eigenvalue weighted by molar-refractivity contribution is -0.147. The van der Waals surface area contributed by atoms with Gasteiger partial charge in [0.05, 0.1) is 6.61 Å². The molecule has 0 amide bonds. The minimum atomic E-state index is -0.746. The molecular weight excluding hydrogens is 288 g/mol. The van der Waals surface area contributed by atoms with Crippen LogP contribution in [0, 0.1) is 28.1 Å². The summed E-state index contributed by atoms with van der Waals surface area (Å²) in [4.78, 5) is 12.5. The molecule has 1 saturated heterocycles.